The van der Waals surface area contributed by atoms with Gasteiger partial charge in [-0.1, -0.05) is 18.5 Å². The molecule has 0 saturated carbocycles. The number of benzene rings is 1. The Balaban J connectivity index is 3.39. The van der Waals surface area contributed by atoms with E-state index in [1.54, 1.807) is 6.92 Å². The highest BCUT2D eigenvalue weighted by Gasteiger charge is 2.26. The van der Waals surface area contributed by atoms with E-state index in [1.807, 2.05) is 6.92 Å². The minimum atomic E-state index is -0.664. The van der Waals surface area contributed by atoms with Crippen LogP contribution in [0, 0.1) is 15.9 Å². The first-order chi connectivity index (χ1) is 7.88. The second kappa shape index (κ2) is 5.65. The highest BCUT2D eigenvalue weighted by atomic mass is 35.5. The van der Waals surface area contributed by atoms with E-state index in [4.69, 9.17) is 23.2 Å². The van der Waals surface area contributed by atoms with E-state index in [0.29, 0.717) is 12.0 Å². The predicted octanol–water partition coefficient (Wildman–Crippen LogP) is 4.51. The zero-order valence-corrected chi connectivity index (χ0v) is 10.9. The van der Waals surface area contributed by atoms with Crippen LogP contribution in [0.2, 0.25) is 5.02 Å². The summed E-state index contributed by atoms with van der Waals surface area (Å²) in [7, 11) is 0. The maximum atomic E-state index is 13.4. The van der Waals surface area contributed by atoms with Crippen molar-refractivity contribution in [1.29, 1.82) is 0 Å². The van der Waals surface area contributed by atoms with Crippen molar-refractivity contribution in [2.45, 2.75) is 31.6 Å². The second-order valence-corrected chi connectivity index (χ2v) is 4.87. The molecular formula is C11H12Cl2FNO2. The van der Waals surface area contributed by atoms with Gasteiger partial charge >= 0.3 is 0 Å². The van der Waals surface area contributed by atoms with Crippen LogP contribution in [0.1, 0.15) is 31.7 Å². The number of rotatable bonds is 4. The Kier molecular flexibility index (Phi) is 4.71. The second-order valence-electron chi connectivity index (χ2n) is 3.77. The molecule has 0 N–H and O–H groups in total. The minimum absolute atomic E-state index is 0.184. The number of alkyl halides is 1. The molecule has 0 bridgehead atoms. The lowest BCUT2D eigenvalue weighted by Gasteiger charge is -2.18. The third kappa shape index (κ3) is 3.07. The Morgan fingerprint density at radius 3 is 2.53 bits per heavy atom. The number of nitrogens with zero attached hydrogens (tertiary/aromatic N) is 1. The van der Waals surface area contributed by atoms with Gasteiger partial charge in [0.15, 0.2) is 0 Å². The van der Waals surface area contributed by atoms with Gasteiger partial charge in [0.2, 0.25) is 0 Å². The van der Waals surface area contributed by atoms with Gasteiger partial charge in [-0.15, -0.1) is 11.6 Å². The summed E-state index contributed by atoms with van der Waals surface area (Å²) in [4.78, 5) is 10.3. The molecule has 1 aromatic carbocycles. The van der Waals surface area contributed by atoms with Gasteiger partial charge < -0.3 is 0 Å². The predicted molar refractivity (Wildman–Crippen MR) is 66.4 cm³/mol. The molecule has 0 fully saturated rings. The van der Waals surface area contributed by atoms with E-state index in [1.165, 1.54) is 0 Å². The van der Waals surface area contributed by atoms with E-state index in [-0.39, 0.29) is 22.0 Å². The maximum absolute atomic E-state index is 13.4. The molecule has 2 unspecified atom stereocenters. The highest BCUT2D eigenvalue weighted by Crippen LogP contribution is 2.36. The molecule has 0 aromatic heterocycles. The average molecular weight is 280 g/mol. The van der Waals surface area contributed by atoms with Crippen molar-refractivity contribution in [3.63, 3.8) is 0 Å². The quantitative estimate of drug-likeness (QED) is 0.462. The normalized spacial score (nSPS) is 14.4. The molecule has 0 radical (unpaired) electrons. The molecule has 1 rings (SSSR count). The van der Waals surface area contributed by atoms with Gasteiger partial charge in [0.1, 0.15) is 5.82 Å². The SMILES string of the molecule is CCC(c1cc(F)c(Cl)cc1[N+](=O)[O-])C(C)Cl. The summed E-state index contributed by atoms with van der Waals surface area (Å²) < 4.78 is 13.4. The van der Waals surface area contributed by atoms with Crippen LogP contribution in [0.3, 0.4) is 0 Å². The van der Waals surface area contributed by atoms with Gasteiger partial charge in [-0.3, -0.25) is 10.1 Å². The van der Waals surface area contributed by atoms with E-state index < -0.39 is 10.7 Å². The van der Waals surface area contributed by atoms with E-state index in [9.17, 15) is 14.5 Å². The molecule has 17 heavy (non-hydrogen) atoms. The fourth-order valence-electron chi connectivity index (χ4n) is 1.80. The van der Waals surface area contributed by atoms with Crippen molar-refractivity contribution < 1.29 is 9.31 Å². The molecule has 0 amide bonds. The van der Waals surface area contributed by atoms with E-state index in [2.05, 4.69) is 0 Å². The van der Waals surface area contributed by atoms with Crippen molar-refractivity contribution in [1.82, 2.24) is 0 Å². The standard InChI is InChI=1S/C11H12Cl2FNO2/c1-3-7(6(2)12)8-4-10(14)9(13)5-11(8)15(16)17/h4-7H,3H2,1-2H3. The number of halogens is 3. The number of hydrogen-bond acceptors (Lipinski definition) is 2. The van der Waals surface area contributed by atoms with Crippen LogP contribution in [0.4, 0.5) is 10.1 Å². The first kappa shape index (κ1) is 14.2. The summed E-state index contributed by atoms with van der Waals surface area (Å²) in [6.07, 6.45) is 0.590. The lowest BCUT2D eigenvalue weighted by Crippen LogP contribution is -2.11. The third-order valence-electron chi connectivity index (χ3n) is 2.66. The molecule has 1 aromatic rings. The highest BCUT2D eigenvalue weighted by molar-refractivity contribution is 6.31. The monoisotopic (exact) mass is 279 g/mol. The topological polar surface area (TPSA) is 43.1 Å². The average Bonchev–Trinajstić information content (AvgIpc) is 2.22. The van der Waals surface area contributed by atoms with Crippen molar-refractivity contribution in [2.24, 2.45) is 0 Å². The van der Waals surface area contributed by atoms with Crippen LogP contribution < -0.4 is 0 Å². The number of nitro benzene ring substituents is 1. The van der Waals surface area contributed by atoms with Crippen LogP contribution >= 0.6 is 23.2 Å². The molecule has 94 valence electrons. The van der Waals surface area contributed by atoms with E-state index >= 15 is 0 Å². The molecule has 0 heterocycles. The first-order valence-corrected chi connectivity index (χ1v) is 5.97. The molecule has 0 aliphatic carbocycles. The van der Waals surface area contributed by atoms with Crippen LogP contribution in [0.15, 0.2) is 12.1 Å². The Morgan fingerprint density at radius 2 is 2.12 bits per heavy atom. The summed E-state index contributed by atoms with van der Waals surface area (Å²) in [5.74, 6) is -0.938. The van der Waals surface area contributed by atoms with Gasteiger partial charge in [-0.25, -0.2) is 4.39 Å². The third-order valence-corrected chi connectivity index (χ3v) is 3.25. The van der Waals surface area contributed by atoms with Crippen LogP contribution in [-0.2, 0) is 0 Å². The molecule has 0 aliphatic rings. The van der Waals surface area contributed by atoms with Crippen LogP contribution in [0.25, 0.3) is 0 Å². The molecule has 3 nitrogen and oxygen atoms in total. The fourth-order valence-corrected chi connectivity index (χ4v) is 2.27. The van der Waals surface area contributed by atoms with Gasteiger partial charge in [-0.2, -0.15) is 0 Å². The maximum Gasteiger partial charge on any atom is 0.274 e. The summed E-state index contributed by atoms with van der Waals surface area (Å²) in [6.45, 7) is 3.58. The van der Waals surface area contributed by atoms with Gasteiger partial charge in [0, 0.05) is 22.9 Å². The van der Waals surface area contributed by atoms with Gasteiger partial charge in [0.05, 0.1) is 9.95 Å². The summed E-state index contributed by atoms with van der Waals surface area (Å²) >= 11 is 11.5. The van der Waals surface area contributed by atoms with Crippen molar-refractivity contribution in [2.75, 3.05) is 0 Å². The molecule has 0 aliphatic heterocycles. The van der Waals surface area contributed by atoms with Crippen LogP contribution in [-0.4, -0.2) is 10.3 Å². The summed E-state index contributed by atoms with van der Waals surface area (Å²) in [6, 6.07) is 2.14. The lowest BCUT2D eigenvalue weighted by molar-refractivity contribution is -0.385. The van der Waals surface area contributed by atoms with Crippen LogP contribution in [0.5, 0.6) is 0 Å². The Hall–Kier alpha value is -0.870. The van der Waals surface area contributed by atoms with Crippen molar-refractivity contribution >= 4 is 28.9 Å². The minimum Gasteiger partial charge on any atom is -0.258 e. The fraction of sp³-hybridized carbons (Fsp3) is 0.455. The first-order valence-electron chi connectivity index (χ1n) is 5.15. The summed E-state index contributed by atoms with van der Waals surface area (Å²) in [5.41, 5.74) is 0.109. The largest absolute Gasteiger partial charge is 0.274 e. The Bertz CT molecular complexity index is 438. The Morgan fingerprint density at radius 1 is 1.53 bits per heavy atom. The zero-order chi connectivity index (χ0) is 13.2. The molecule has 0 spiro atoms. The molecule has 6 heteroatoms. The number of hydrogen-bond donors (Lipinski definition) is 0. The Labute approximate surface area is 109 Å². The molecule has 0 saturated heterocycles. The van der Waals surface area contributed by atoms with Crippen molar-refractivity contribution in [3.05, 3.63) is 38.7 Å². The zero-order valence-electron chi connectivity index (χ0n) is 9.41. The lowest BCUT2D eigenvalue weighted by atomic mass is 9.92. The van der Waals surface area contributed by atoms with Gasteiger partial charge in [0.25, 0.3) is 5.69 Å². The van der Waals surface area contributed by atoms with Gasteiger partial charge in [-0.05, 0) is 19.4 Å². The molecular weight excluding hydrogens is 268 g/mol. The van der Waals surface area contributed by atoms with Crippen molar-refractivity contribution in [3.8, 4) is 0 Å². The van der Waals surface area contributed by atoms with E-state index in [0.717, 1.165) is 12.1 Å². The smallest absolute Gasteiger partial charge is 0.258 e. The number of nitro groups is 1. The summed E-state index contributed by atoms with van der Waals surface area (Å²) in [5, 5.41) is 10.3. The molecule has 2 atom stereocenters.